The van der Waals surface area contributed by atoms with E-state index in [1.165, 1.54) is 19.1 Å². The number of nitrogens with zero attached hydrogens (tertiary/aromatic N) is 2. The lowest BCUT2D eigenvalue weighted by atomic mass is 10.1. The molecule has 0 spiro atoms. The number of halogens is 1. The molecule has 1 saturated heterocycles. The first-order valence-corrected chi connectivity index (χ1v) is 7.13. The molecule has 1 aromatic heterocycles. The molecule has 4 nitrogen and oxygen atoms in total. The van der Waals surface area contributed by atoms with E-state index in [2.05, 4.69) is 5.10 Å². The Labute approximate surface area is 122 Å². The minimum atomic E-state index is -0.502. The number of Topliss-reactive ketones (excluding diaryl/α,β-unsaturated/α-hetero) is 1. The molecular weight excluding hydrogens is 271 g/mol. The summed E-state index contributed by atoms with van der Waals surface area (Å²) in [6, 6.07) is 6.48. The predicted octanol–water partition coefficient (Wildman–Crippen LogP) is 3.59. The highest BCUT2D eigenvalue weighted by Gasteiger charge is 2.20. The number of carbonyl (C=O) groups excluding carboxylic acids is 1. The maximum atomic E-state index is 14.0. The lowest BCUT2D eigenvalue weighted by Gasteiger charge is -2.24. The molecule has 0 bridgehead atoms. The third-order valence-corrected chi connectivity index (χ3v) is 3.74. The van der Waals surface area contributed by atoms with Crippen LogP contribution in [0.5, 0.6) is 0 Å². The Kier molecular flexibility index (Phi) is 3.84. The molecule has 5 heteroatoms. The summed E-state index contributed by atoms with van der Waals surface area (Å²) < 4.78 is 21.5. The second kappa shape index (κ2) is 5.77. The predicted molar refractivity (Wildman–Crippen MR) is 76.5 cm³/mol. The van der Waals surface area contributed by atoms with E-state index in [4.69, 9.17) is 4.74 Å². The van der Waals surface area contributed by atoms with Gasteiger partial charge in [-0.2, -0.15) is 5.10 Å². The van der Waals surface area contributed by atoms with Crippen molar-refractivity contribution in [2.24, 2.45) is 0 Å². The number of hydrogen-bond donors (Lipinski definition) is 0. The molecule has 2 aromatic rings. The normalized spacial score (nSPS) is 18.7. The largest absolute Gasteiger partial charge is 0.356 e. The van der Waals surface area contributed by atoms with Gasteiger partial charge >= 0.3 is 0 Å². The lowest BCUT2D eigenvalue weighted by molar-refractivity contribution is -0.0383. The lowest BCUT2D eigenvalue weighted by Crippen LogP contribution is -2.19. The minimum Gasteiger partial charge on any atom is -0.356 e. The van der Waals surface area contributed by atoms with Crippen LogP contribution >= 0.6 is 0 Å². The van der Waals surface area contributed by atoms with Gasteiger partial charge in [-0.1, -0.05) is 6.07 Å². The average Bonchev–Trinajstić information content (AvgIpc) is 2.97. The van der Waals surface area contributed by atoms with E-state index in [0.717, 1.165) is 31.6 Å². The smallest absolute Gasteiger partial charge is 0.162 e. The van der Waals surface area contributed by atoms with Crippen molar-refractivity contribution in [1.29, 1.82) is 0 Å². The van der Waals surface area contributed by atoms with Crippen molar-refractivity contribution in [2.45, 2.75) is 32.4 Å². The Hall–Kier alpha value is -2.01. The van der Waals surface area contributed by atoms with Crippen molar-refractivity contribution in [2.75, 3.05) is 6.61 Å². The molecule has 21 heavy (non-hydrogen) atoms. The zero-order valence-electron chi connectivity index (χ0n) is 11.9. The fourth-order valence-corrected chi connectivity index (χ4v) is 2.65. The van der Waals surface area contributed by atoms with Gasteiger partial charge in [0.1, 0.15) is 5.82 Å². The molecule has 0 radical (unpaired) electrons. The summed E-state index contributed by atoms with van der Waals surface area (Å²) in [7, 11) is 0. The monoisotopic (exact) mass is 288 g/mol. The number of ketones is 1. The molecular formula is C16H17FN2O2. The summed E-state index contributed by atoms with van der Waals surface area (Å²) in [5.41, 5.74) is 1.61. The molecule has 1 fully saturated rings. The second-order valence-corrected chi connectivity index (χ2v) is 5.23. The third kappa shape index (κ3) is 2.74. The number of ether oxygens (including phenoxy) is 1. The number of carbonyl (C=O) groups is 1. The molecule has 1 aliphatic heterocycles. The van der Waals surface area contributed by atoms with Crippen molar-refractivity contribution < 1.29 is 13.9 Å². The molecule has 3 rings (SSSR count). The minimum absolute atomic E-state index is 0.0979. The maximum Gasteiger partial charge on any atom is 0.162 e. The molecule has 1 aliphatic rings. The van der Waals surface area contributed by atoms with E-state index in [0.29, 0.717) is 5.56 Å². The van der Waals surface area contributed by atoms with Crippen LogP contribution in [0.4, 0.5) is 4.39 Å². The van der Waals surface area contributed by atoms with E-state index in [1.54, 1.807) is 16.9 Å². The van der Waals surface area contributed by atoms with Crippen LogP contribution in [0.15, 0.2) is 30.5 Å². The molecule has 0 N–H and O–H groups in total. The zero-order chi connectivity index (χ0) is 14.8. The van der Waals surface area contributed by atoms with Crippen LogP contribution in [-0.4, -0.2) is 22.2 Å². The van der Waals surface area contributed by atoms with Crippen LogP contribution in [0.1, 0.15) is 42.8 Å². The standard InChI is InChI=1S/C16H17FN2O2/c1-11(20)13-6-5-12(10-14(13)17)15-7-8-18-19(15)16-4-2-3-9-21-16/h5-8,10,16H,2-4,9H2,1H3. The average molecular weight is 288 g/mol. The quantitative estimate of drug-likeness (QED) is 0.811. The van der Waals surface area contributed by atoms with Crippen LogP contribution in [0.2, 0.25) is 0 Å². The van der Waals surface area contributed by atoms with Crippen LogP contribution in [-0.2, 0) is 4.74 Å². The summed E-state index contributed by atoms with van der Waals surface area (Å²) in [5.74, 6) is -0.777. The Balaban J connectivity index is 1.96. The van der Waals surface area contributed by atoms with E-state index in [9.17, 15) is 9.18 Å². The summed E-state index contributed by atoms with van der Waals surface area (Å²) in [5, 5.41) is 4.31. The van der Waals surface area contributed by atoms with E-state index in [-0.39, 0.29) is 17.6 Å². The van der Waals surface area contributed by atoms with Gasteiger partial charge in [0.15, 0.2) is 12.0 Å². The number of rotatable bonds is 3. The molecule has 110 valence electrons. The van der Waals surface area contributed by atoms with Gasteiger partial charge in [0.25, 0.3) is 0 Å². The first kappa shape index (κ1) is 13.9. The fraction of sp³-hybridized carbons (Fsp3) is 0.375. The first-order chi connectivity index (χ1) is 10.2. The highest BCUT2D eigenvalue weighted by molar-refractivity contribution is 5.94. The van der Waals surface area contributed by atoms with Gasteiger partial charge in [-0.05, 0) is 44.4 Å². The first-order valence-electron chi connectivity index (χ1n) is 7.13. The van der Waals surface area contributed by atoms with Crippen molar-refractivity contribution in [3.8, 4) is 11.3 Å². The highest BCUT2D eigenvalue weighted by Crippen LogP contribution is 2.29. The summed E-state index contributed by atoms with van der Waals surface area (Å²) >= 11 is 0. The van der Waals surface area contributed by atoms with Gasteiger partial charge in [-0.25, -0.2) is 9.07 Å². The van der Waals surface area contributed by atoms with Crippen molar-refractivity contribution in [1.82, 2.24) is 9.78 Å². The van der Waals surface area contributed by atoms with E-state index < -0.39 is 5.82 Å². The maximum absolute atomic E-state index is 14.0. The van der Waals surface area contributed by atoms with E-state index >= 15 is 0 Å². The van der Waals surface area contributed by atoms with Crippen LogP contribution in [0.3, 0.4) is 0 Å². The molecule has 1 atom stereocenters. The van der Waals surface area contributed by atoms with Gasteiger partial charge in [-0.3, -0.25) is 4.79 Å². The number of aromatic nitrogens is 2. The molecule has 0 amide bonds. The number of hydrogen-bond acceptors (Lipinski definition) is 3. The van der Waals surface area contributed by atoms with Gasteiger partial charge in [-0.15, -0.1) is 0 Å². The van der Waals surface area contributed by atoms with Crippen LogP contribution in [0, 0.1) is 5.82 Å². The Morgan fingerprint density at radius 3 is 2.90 bits per heavy atom. The Morgan fingerprint density at radius 2 is 2.24 bits per heavy atom. The van der Waals surface area contributed by atoms with E-state index in [1.807, 2.05) is 6.07 Å². The molecule has 1 aromatic carbocycles. The van der Waals surface area contributed by atoms with Gasteiger partial charge in [0, 0.05) is 18.4 Å². The Bertz CT molecular complexity index is 660. The highest BCUT2D eigenvalue weighted by atomic mass is 19.1. The van der Waals surface area contributed by atoms with Crippen molar-refractivity contribution in [3.05, 3.63) is 41.8 Å². The molecule has 0 aliphatic carbocycles. The van der Waals surface area contributed by atoms with Crippen molar-refractivity contribution >= 4 is 5.78 Å². The summed E-state index contributed by atoms with van der Waals surface area (Å²) in [4.78, 5) is 11.3. The second-order valence-electron chi connectivity index (χ2n) is 5.23. The fourth-order valence-electron chi connectivity index (χ4n) is 2.65. The van der Waals surface area contributed by atoms with Gasteiger partial charge in [0.05, 0.1) is 11.3 Å². The van der Waals surface area contributed by atoms with Crippen LogP contribution < -0.4 is 0 Å². The molecule has 2 heterocycles. The van der Waals surface area contributed by atoms with Gasteiger partial charge < -0.3 is 4.74 Å². The topological polar surface area (TPSA) is 44.1 Å². The summed E-state index contributed by atoms with van der Waals surface area (Å²) in [6.45, 7) is 2.08. The summed E-state index contributed by atoms with van der Waals surface area (Å²) in [6.07, 6.45) is 4.66. The SMILES string of the molecule is CC(=O)c1ccc(-c2ccnn2C2CCCCO2)cc1F. The van der Waals surface area contributed by atoms with Crippen molar-refractivity contribution in [3.63, 3.8) is 0 Å². The third-order valence-electron chi connectivity index (χ3n) is 3.74. The Morgan fingerprint density at radius 1 is 1.38 bits per heavy atom. The molecule has 1 unspecified atom stereocenters. The van der Waals surface area contributed by atoms with Gasteiger partial charge in [0.2, 0.25) is 0 Å². The number of benzene rings is 1. The van der Waals surface area contributed by atoms with Crippen LogP contribution in [0.25, 0.3) is 11.3 Å². The molecule has 0 saturated carbocycles. The zero-order valence-corrected chi connectivity index (χ0v) is 11.9.